The molecule has 3 atom stereocenters. The summed E-state index contributed by atoms with van der Waals surface area (Å²) < 4.78 is 1.17. The van der Waals surface area contributed by atoms with E-state index in [0.29, 0.717) is 0 Å². The van der Waals surface area contributed by atoms with Gasteiger partial charge in [-0.05, 0) is 49.0 Å². The molecule has 0 aromatic heterocycles. The Kier molecular flexibility index (Phi) is 3.73. The molecule has 0 radical (unpaired) electrons. The maximum Gasteiger partial charge on any atom is 0.0236 e. The van der Waals surface area contributed by atoms with Crippen molar-refractivity contribution in [1.82, 2.24) is 10.2 Å². The molecule has 3 rings (SSSR count). The fraction of sp³-hybridized carbons (Fsp3) is 0.600. The quantitative estimate of drug-likeness (QED) is 0.923. The number of nitrogens with one attached hydrogen (secondary N) is 1. The first-order valence-electron chi connectivity index (χ1n) is 6.97. The Morgan fingerprint density at radius 1 is 1.28 bits per heavy atom. The van der Waals surface area contributed by atoms with Gasteiger partial charge in [-0.1, -0.05) is 35.0 Å². The number of hydrogen-bond donors (Lipinski definition) is 1. The second-order valence-corrected chi connectivity index (χ2v) is 6.53. The van der Waals surface area contributed by atoms with E-state index in [-0.39, 0.29) is 0 Å². The maximum absolute atomic E-state index is 3.55. The number of nitrogens with zero attached hydrogens (tertiary/aromatic N) is 1. The van der Waals surface area contributed by atoms with Gasteiger partial charge in [0.1, 0.15) is 0 Å². The molecular weight excluding hydrogens is 288 g/mol. The van der Waals surface area contributed by atoms with Crippen molar-refractivity contribution in [1.29, 1.82) is 0 Å². The lowest BCUT2D eigenvalue weighted by atomic mass is 9.93. The lowest BCUT2D eigenvalue weighted by molar-refractivity contribution is 0.210. The lowest BCUT2D eigenvalue weighted by Crippen LogP contribution is -2.34. The molecule has 1 aromatic rings. The summed E-state index contributed by atoms with van der Waals surface area (Å²) in [6.45, 7) is 7.16. The molecule has 3 heteroatoms. The highest BCUT2D eigenvalue weighted by Crippen LogP contribution is 2.35. The normalized spacial score (nSPS) is 31.8. The molecule has 2 aliphatic rings. The van der Waals surface area contributed by atoms with Crippen molar-refractivity contribution in [3.63, 3.8) is 0 Å². The first kappa shape index (κ1) is 12.6. The topological polar surface area (TPSA) is 15.3 Å². The van der Waals surface area contributed by atoms with Gasteiger partial charge in [0.25, 0.3) is 0 Å². The van der Waals surface area contributed by atoms with E-state index < -0.39 is 0 Å². The van der Waals surface area contributed by atoms with Crippen LogP contribution in [0.1, 0.15) is 18.9 Å². The Morgan fingerprint density at radius 2 is 2.06 bits per heavy atom. The summed E-state index contributed by atoms with van der Waals surface area (Å²) in [5.74, 6) is 1.76. The van der Waals surface area contributed by atoms with Crippen LogP contribution in [0.15, 0.2) is 28.7 Å². The number of rotatable bonds is 3. The largest absolute Gasteiger partial charge is 0.316 e. The van der Waals surface area contributed by atoms with E-state index in [1.165, 1.54) is 36.1 Å². The molecule has 2 nitrogen and oxygen atoms in total. The minimum absolute atomic E-state index is 0.772. The van der Waals surface area contributed by atoms with E-state index in [1.807, 2.05) is 0 Å². The zero-order valence-electron chi connectivity index (χ0n) is 10.9. The van der Waals surface area contributed by atoms with Crippen molar-refractivity contribution in [3.05, 3.63) is 34.3 Å². The van der Waals surface area contributed by atoms with E-state index in [0.717, 1.165) is 24.4 Å². The van der Waals surface area contributed by atoms with Crippen molar-refractivity contribution >= 4 is 15.9 Å². The fourth-order valence-corrected chi connectivity index (χ4v) is 3.94. The number of benzene rings is 1. The lowest BCUT2D eigenvalue weighted by Gasteiger charge is -2.26. The molecular formula is C15H21BrN2. The van der Waals surface area contributed by atoms with Crippen molar-refractivity contribution in [2.75, 3.05) is 19.6 Å². The summed E-state index contributed by atoms with van der Waals surface area (Å²) in [6, 6.07) is 9.55. The number of likely N-dealkylation sites (tertiary alicyclic amines) is 1. The van der Waals surface area contributed by atoms with Gasteiger partial charge in [0.2, 0.25) is 0 Å². The Hall–Kier alpha value is -0.380. The summed E-state index contributed by atoms with van der Waals surface area (Å²) in [7, 11) is 0. The molecule has 2 saturated heterocycles. The van der Waals surface area contributed by atoms with Crippen LogP contribution in [0.2, 0.25) is 0 Å². The van der Waals surface area contributed by atoms with Crippen LogP contribution in [0.25, 0.3) is 0 Å². The minimum atomic E-state index is 0.772. The van der Waals surface area contributed by atoms with Gasteiger partial charge in [-0.25, -0.2) is 0 Å². The maximum atomic E-state index is 3.55. The van der Waals surface area contributed by atoms with Gasteiger partial charge < -0.3 is 5.32 Å². The molecule has 2 fully saturated rings. The Labute approximate surface area is 118 Å². The van der Waals surface area contributed by atoms with Crippen LogP contribution >= 0.6 is 15.9 Å². The molecule has 2 heterocycles. The summed E-state index contributed by atoms with van der Waals surface area (Å²) in [5, 5.41) is 3.55. The third-order valence-corrected chi connectivity index (χ3v) is 5.07. The van der Waals surface area contributed by atoms with Crippen LogP contribution in [0.4, 0.5) is 0 Å². The summed E-state index contributed by atoms with van der Waals surface area (Å²) in [5.41, 5.74) is 1.43. The SMILES string of the molecule is CCC1C2CNCC2CN1Cc1ccc(Br)cc1. The molecule has 18 heavy (non-hydrogen) atoms. The summed E-state index contributed by atoms with van der Waals surface area (Å²) in [4.78, 5) is 2.69. The highest BCUT2D eigenvalue weighted by molar-refractivity contribution is 9.10. The van der Waals surface area contributed by atoms with Gasteiger partial charge in [-0.3, -0.25) is 4.90 Å². The molecule has 0 bridgehead atoms. The number of fused-ring (bicyclic) bond motifs is 1. The van der Waals surface area contributed by atoms with Crippen LogP contribution < -0.4 is 5.32 Å². The molecule has 0 spiro atoms. The molecule has 0 aliphatic carbocycles. The van der Waals surface area contributed by atoms with Crippen molar-refractivity contribution in [3.8, 4) is 0 Å². The second kappa shape index (κ2) is 5.32. The molecule has 1 aromatic carbocycles. The van der Waals surface area contributed by atoms with E-state index in [2.05, 4.69) is 57.3 Å². The molecule has 1 N–H and O–H groups in total. The first-order valence-corrected chi connectivity index (χ1v) is 7.76. The van der Waals surface area contributed by atoms with Crippen molar-refractivity contribution in [2.24, 2.45) is 11.8 Å². The standard InChI is InChI=1S/C15H21BrN2/c1-2-15-14-8-17-7-12(14)10-18(15)9-11-3-5-13(16)6-4-11/h3-6,12,14-15,17H,2,7-10H2,1H3. The monoisotopic (exact) mass is 308 g/mol. The Morgan fingerprint density at radius 3 is 2.78 bits per heavy atom. The highest BCUT2D eigenvalue weighted by atomic mass is 79.9. The second-order valence-electron chi connectivity index (χ2n) is 5.61. The average molecular weight is 309 g/mol. The van der Waals surface area contributed by atoms with Gasteiger partial charge in [0, 0.05) is 23.6 Å². The van der Waals surface area contributed by atoms with Crippen LogP contribution in [-0.2, 0) is 6.54 Å². The third-order valence-electron chi connectivity index (χ3n) is 4.54. The van der Waals surface area contributed by atoms with Crippen LogP contribution in [0.5, 0.6) is 0 Å². The van der Waals surface area contributed by atoms with Crippen LogP contribution in [0, 0.1) is 11.8 Å². The zero-order valence-corrected chi connectivity index (χ0v) is 12.5. The first-order chi connectivity index (χ1) is 8.78. The van der Waals surface area contributed by atoms with Crippen LogP contribution in [-0.4, -0.2) is 30.6 Å². The number of hydrogen-bond acceptors (Lipinski definition) is 2. The van der Waals surface area contributed by atoms with E-state index in [9.17, 15) is 0 Å². The van der Waals surface area contributed by atoms with E-state index in [4.69, 9.17) is 0 Å². The summed E-state index contributed by atoms with van der Waals surface area (Å²) in [6.07, 6.45) is 1.28. The molecule has 3 unspecified atom stereocenters. The van der Waals surface area contributed by atoms with Crippen LogP contribution in [0.3, 0.4) is 0 Å². The third kappa shape index (κ3) is 2.36. The Balaban J connectivity index is 1.71. The Bertz CT molecular complexity index is 403. The molecule has 98 valence electrons. The molecule has 0 amide bonds. The summed E-state index contributed by atoms with van der Waals surface area (Å²) >= 11 is 3.50. The van der Waals surface area contributed by atoms with Gasteiger partial charge in [0.05, 0.1) is 0 Å². The predicted octanol–water partition coefficient (Wildman–Crippen LogP) is 2.88. The minimum Gasteiger partial charge on any atom is -0.316 e. The molecule has 0 saturated carbocycles. The predicted molar refractivity (Wildman–Crippen MR) is 78.5 cm³/mol. The number of halogens is 1. The van der Waals surface area contributed by atoms with Gasteiger partial charge in [-0.2, -0.15) is 0 Å². The fourth-order valence-electron chi connectivity index (χ4n) is 3.68. The van der Waals surface area contributed by atoms with Gasteiger partial charge in [-0.15, -0.1) is 0 Å². The zero-order chi connectivity index (χ0) is 12.5. The highest BCUT2D eigenvalue weighted by Gasteiger charge is 2.42. The van der Waals surface area contributed by atoms with E-state index >= 15 is 0 Å². The van der Waals surface area contributed by atoms with E-state index in [1.54, 1.807) is 0 Å². The van der Waals surface area contributed by atoms with Crippen molar-refractivity contribution in [2.45, 2.75) is 25.9 Å². The van der Waals surface area contributed by atoms with Gasteiger partial charge in [0.15, 0.2) is 0 Å². The van der Waals surface area contributed by atoms with Crippen molar-refractivity contribution < 1.29 is 0 Å². The van der Waals surface area contributed by atoms with Gasteiger partial charge >= 0.3 is 0 Å². The smallest absolute Gasteiger partial charge is 0.0236 e. The molecule has 2 aliphatic heterocycles. The average Bonchev–Trinajstić information content (AvgIpc) is 2.92.